The van der Waals surface area contributed by atoms with Crippen LogP contribution >= 0.6 is 11.6 Å². The van der Waals surface area contributed by atoms with Crippen LogP contribution in [-0.2, 0) is 4.79 Å². The lowest BCUT2D eigenvalue weighted by Crippen LogP contribution is -2.33. The number of pyridine rings is 1. The number of amides is 1. The Bertz CT molecular complexity index is 833. The fourth-order valence-corrected chi connectivity index (χ4v) is 2.72. The van der Waals surface area contributed by atoms with Crippen LogP contribution in [0.5, 0.6) is 5.75 Å². The van der Waals surface area contributed by atoms with Crippen molar-refractivity contribution in [3.63, 3.8) is 0 Å². The number of rotatable bonds is 3. The van der Waals surface area contributed by atoms with Crippen molar-refractivity contribution in [3.05, 3.63) is 52.8 Å². The van der Waals surface area contributed by atoms with Gasteiger partial charge in [-0.1, -0.05) is 23.7 Å². The van der Waals surface area contributed by atoms with E-state index in [-0.39, 0.29) is 5.91 Å². The molecule has 2 N–H and O–H groups in total. The number of fused-ring (bicyclic) bond motifs is 1. The predicted molar refractivity (Wildman–Crippen MR) is 90.1 cm³/mol. The van der Waals surface area contributed by atoms with Crippen molar-refractivity contribution in [1.82, 2.24) is 15.4 Å². The maximum atomic E-state index is 12.6. The average molecular weight is 344 g/mol. The zero-order valence-electron chi connectivity index (χ0n) is 12.8. The number of nitrogens with one attached hydrogen (secondary N) is 2. The number of benzene rings is 1. The van der Waals surface area contributed by atoms with Gasteiger partial charge in [-0.15, -0.1) is 0 Å². The van der Waals surface area contributed by atoms with Crippen molar-refractivity contribution >= 4 is 28.9 Å². The number of methoxy groups -OCH3 is 1. The minimum atomic E-state index is -0.672. The molecule has 1 fully saturated rings. The number of aromatic nitrogens is 1. The van der Waals surface area contributed by atoms with Crippen LogP contribution in [0.4, 0.5) is 5.69 Å². The number of carbonyl (C=O) groups is 1. The van der Waals surface area contributed by atoms with Gasteiger partial charge >= 0.3 is 0 Å². The smallest absolute Gasteiger partial charge is 0.265 e. The van der Waals surface area contributed by atoms with Crippen LogP contribution in [0.1, 0.15) is 11.3 Å². The van der Waals surface area contributed by atoms with Crippen molar-refractivity contribution in [3.8, 4) is 5.75 Å². The number of hydrogen-bond donors (Lipinski definition) is 2. The number of hydrogen-bond acceptors (Lipinski definition) is 6. The van der Waals surface area contributed by atoms with Crippen LogP contribution < -0.4 is 15.5 Å². The Morgan fingerprint density at radius 3 is 2.83 bits per heavy atom. The molecular formula is C16H14ClN5O2. The molecule has 2 aromatic rings. The molecule has 0 saturated carbocycles. The summed E-state index contributed by atoms with van der Waals surface area (Å²) in [7, 11) is 1.56. The number of aliphatic imine (C=N–C) groups is 1. The van der Waals surface area contributed by atoms with Crippen LogP contribution in [-0.4, -0.2) is 41.6 Å². The van der Waals surface area contributed by atoms with Crippen molar-refractivity contribution < 1.29 is 9.53 Å². The van der Waals surface area contributed by atoms with Gasteiger partial charge in [0, 0.05) is 11.8 Å². The summed E-state index contributed by atoms with van der Waals surface area (Å²) in [6, 6.07) is 9.06. The monoisotopic (exact) mass is 343 g/mol. The number of hydrazine groups is 1. The van der Waals surface area contributed by atoms with Gasteiger partial charge in [-0.3, -0.25) is 14.8 Å². The molecular weight excluding hydrogens is 330 g/mol. The van der Waals surface area contributed by atoms with Gasteiger partial charge in [0.1, 0.15) is 5.75 Å². The molecule has 2 aliphatic heterocycles. The molecule has 0 bridgehead atoms. The van der Waals surface area contributed by atoms with Crippen molar-refractivity contribution in [2.24, 2.45) is 4.99 Å². The van der Waals surface area contributed by atoms with Crippen LogP contribution in [0.25, 0.3) is 0 Å². The van der Waals surface area contributed by atoms with E-state index in [0.29, 0.717) is 34.5 Å². The van der Waals surface area contributed by atoms with E-state index in [1.807, 2.05) is 12.1 Å². The van der Waals surface area contributed by atoms with Gasteiger partial charge in [-0.2, -0.15) is 5.01 Å². The first-order valence-corrected chi connectivity index (χ1v) is 7.73. The van der Waals surface area contributed by atoms with Crippen LogP contribution in [0.15, 0.2) is 41.5 Å². The summed E-state index contributed by atoms with van der Waals surface area (Å²) in [5, 5.41) is 5.19. The molecule has 8 heteroatoms. The van der Waals surface area contributed by atoms with E-state index in [2.05, 4.69) is 20.7 Å². The van der Waals surface area contributed by atoms with E-state index < -0.39 is 6.17 Å². The van der Waals surface area contributed by atoms with Gasteiger partial charge < -0.3 is 10.1 Å². The Morgan fingerprint density at radius 1 is 1.33 bits per heavy atom. The number of nitrogens with zero attached hydrogens (tertiary/aromatic N) is 3. The summed E-state index contributed by atoms with van der Waals surface area (Å²) < 4.78 is 5.39. The molecule has 1 saturated heterocycles. The highest BCUT2D eigenvalue weighted by molar-refractivity contribution is 6.30. The molecule has 122 valence electrons. The highest BCUT2D eigenvalue weighted by Crippen LogP contribution is 2.33. The Balaban J connectivity index is 1.91. The molecule has 7 nitrogen and oxygen atoms in total. The molecule has 2 aliphatic rings. The first-order valence-electron chi connectivity index (χ1n) is 7.35. The molecule has 24 heavy (non-hydrogen) atoms. The minimum Gasteiger partial charge on any atom is -0.495 e. The summed E-state index contributed by atoms with van der Waals surface area (Å²) in [5.74, 6) is 0.344. The number of carbonyl (C=O) groups excluding carboxylic acids is 1. The average Bonchev–Trinajstić information content (AvgIpc) is 3.42. The molecule has 0 aliphatic carbocycles. The van der Waals surface area contributed by atoms with Gasteiger partial charge in [0.25, 0.3) is 5.91 Å². The highest BCUT2D eigenvalue weighted by Gasteiger charge is 2.36. The fourth-order valence-electron chi connectivity index (χ4n) is 2.61. The summed E-state index contributed by atoms with van der Waals surface area (Å²) in [4.78, 5) is 21.6. The molecule has 2 unspecified atom stereocenters. The SMILES string of the molecule is COc1cccc2c1NC(=O)C(N1CN1)N=C2c1ccc(Cl)cn1. The zero-order chi connectivity index (χ0) is 16.7. The number of halogens is 1. The molecule has 4 rings (SSSR count). The van der Waals surface area contributed by atoms with E-state index in [9.17, 15) is 4.79 Å². The van der Waals surface area contributed by atoms with E-state index in [0.717, 1.165) is 5.56 Å². The lowest BCUT2D eigenvalue weighted by atomic mass is 10.0. The Kier molecular flexibility index (Phi) is 3.68. The first kappa shape index (κ1) is 15.1. The fraction of sp³-hybridized carbons (Fsp3) is 0.188. The second-order valence-electron chi connectivity index (χ2n) is 5.37. The summed E-state index contributed by atoms with van der Waals surface area (Å²) >= 11 is 5.94. The van der Waals surface area contributed by atoms with Gasteiger partial charge in [-0.05, 0) is 18.2 Å². The number of para-hydroxylation sites is 1. The van der Waals surface area contributed by atoms with Gasteiger partial charge in [0.05, 0.1) is 35.9 Å². The predicted octanol–water partition coefficient (Wildman–Crippen LogP) is 1.64. The number of ether oxygens (including phenoxy) is 1. The lowest BCUT2D eigenvalue weighted by Gasteiger charge is -2.13. The van der Waals surface area contributed by atoms with E-state index in [1.54, 1.807) is 36.5 Å². The van der Waals surface area contributed by atoms with Gasteiger partial charge in [-0.25, -0.2) is 5.43 Å². The largest absolute Gasteiger partial charge is 0.495 e. The third kappa shape index (κ3) is 2.62. The third-order valence-corrected chi connectivity index (χ3v) is 4.06. The zero-order valence-corrected chi connectivity index (χ0v) is 13.5. The molecule has 0 spiro atoms. The molecule has 0 radical (unpaired) electrons. The quantitative estimate of drug-likeness (QED) is 0.827. The van der Waals surface area contributed by atoms with E-state index in [1.165, 1.54) is 0 Å². The van der Waals surface area contributed by atoms with Gasteiger partial charge in [0.2, 0.25) is 0 Å². The Labute approximate surface area is 143 Å². The standard InChI is InChI=1S/C16H14ClN5O2/c1-24-12-4-2-3-10-13(11-6-5-9(17)7-18-11)20-15(22-8-19-22)16(23)21-14(10)12/h2-7,15,19H,8H2,1H3,(H,21,23). The van der Waals surface area contributed by atoms with E-state index >= 15 is 0 Å². The van der Waals surface area contributed by atoms with Gasteiger partial charge in [0.15, 0.2) is 6.17 Å². The Morgan fingerprint density at radius 2 is 2.17 bits per heavy atom. The van der Waals surface area contributed by atoms with Crippen molar-refractivity contribution in [2.45, 2.75) is 6.17 Å². The first-order chi connectivity index (χ1) is 11.7. The lowest BCUT2D eigenvalue weighted by molar-refractivity contribution is -0.119. The second-order valence-corrected chi connectivity index (χ2v) is 5.81. The maximum Gasteiger partial charge on any atom is 0.265 e. The minimum absolute atomic E-state index is 0.227. The summed E-state index contributed by atoms with van der Waals surface area (Å²) in [5.41, 5.74) is 5.58. The normalized spacial score (nSPS) is 22.1. The topological polar surface area (TPSA) is 88.5 Å². The Hall–Kier alpha value is -2.48. The summed E-state index contributed by atoms with van der Waals surface area (Å²) in [6.07, 6.45) is 0.888. The third-order valence-electron chi connectivity index (χ3n) is 3.84. The number of anilines is 1. The molecule has 1 aromatic carbocycles. The maximum absolute atomic E-state index is 12.6. The van der Waals surface area contributed by atoms with E-state index in [4.69, 9.17) is 16.3 Å². The highest BCUT2D eigenvalue weighted by atomic mass is 35.5. The second kappa shape index (κ2) is 5.86. The summed E-state index contributed by atoms with van der Waals surface area (Å²) in [6.45, 7) is 0.608. The van der Waals surface area contributed by atoms with Crippen LogP contribution in [0.2, 0.25) is 5.02 Å². The van der Waals surface area contributed by atoms with Crippen molar-refractivity contribution in [1.29, 1.82) is 0 Å². The number of benzodiazepines with no additional fused rings is 1. The van der Waals surface area contributed by atoms with Crippen molar-refractivity contribution in [2.75, 3.05) is 19.1 Å². The molecule has 2 atom stereocenters. The van der Waals surface area contributed by atoms with Crippen LogP contribution in [0.3, 0.4) is 0 Å². The molecule has 1 aromatic heterocycles. The van der Waals surface area contributed by atoms with Crippen LogP contribution in [0, 0.1) is 0 Å². The molecule has 3 heterocycles. The molecule has 1 amide bonds.